The molecular formula is C25H26N4O2S. The van der Waals surface area contributed by atoms with Crippen LogP contribution in [0.4, 0.5) is 0 Å². The Bertz CT molecular complexity index is 1240. The van der Waals surface area contributed by atoms with Crippen molar-refractivity contribution in [2.45, 2.75) is 38.6 Å². The summed E-state index contributed by atoms with van der Waals surface area (Å²) in [4.78, 5) is 26.0. The fourth-order valence-corrected chi connectivity index (χ4v) is 5.46. The first kappa shape index (κ1) is 20.7. The first-order valence-corrected chi connectivity index (χ1v) is 11.8. The van der Waals surface area contributed by atoms with Crippen LogP contribution in [-0.2, 0) is 6.42 Å². The molecule has 1 aliphatic rings. The number of imidazole rings is 1. The third kappa shape index (κ3) is 3.77. The maximum atomic E-state index is 13.5. The number of amides is 1. The van der Waals surface area contributed by atoms with E-state index < -0.39 is 0 Å². The molecule has 1 fully saturated rings. The highest BCUT2D eigenvalue weighted by atomic mass is 32.1. The number of carbonyl (C=O) groups is 1. The third-order valence-electron chi connectivity index (χ3n) is 6.17. The van der Waals surface area contributed by atoms with Gasteiger partial charge in [-0.15, -0.1) is 11.3 Å². The van der Waals surface area contributed by atoms with E-state index in [-0.39, 0.29) is 11.9 Å². The number of para-hydroxylation sites is 1. The predicted molar refractivity (Wildman–Crippen MR) is 125 cm³/mol. The van der Waals surface area contributed by atoms with Crippen molar-refractivity contribution >= 4 is 22.1 Å². The van der Waals surface area contributed by atoms with Gasteiger partial charge in [-0.25, -0.2) is 4.98 Å². The number of nitrogens with zero attached hydrogens (tertiary/aromatic N) is 4. The van der Waals surface area contributed by atoms with E-state index in [4.69, 9.17) is 9.72 Å². The van der Waals surface area contributed by atoms with E-state index >= 15 is 0 Å². The molecule has 0 bridgehead atoms. The molecule has 0 aliphatic carbocycles. The lowest BCUT2D eigenvalue weighted by molar-refractivity contribution is 0.0608. The molecule has 5 rings (SSSR count). The summed E-state index contributed by atoms with van der Waals surface area (Å²) in [6, 6.07) is 11.8. The van der Waals surface area contributed by atoms with Crippen molar-refractivity contribution in [3.05, 3.63) is 82.5 Å². The Kier molecular flexibility index (Phi) is 5.66. The molecule has 0 N–H and O–H groups in total. The van der Waals surface area contributed by atoms with E-state index in [0.29, 0.717) is 12.0 Å². The zero-order valence-electron chi connectivity index (χ0n) is 18.3. The summed E-state index contributed by atoms with van der Waals surface area (Å²) >= 11 is 1.68. The van der Waals surface area contributed by atoms with Crippen LogP contribution in [-0.4, -0.2) is 38.8 Å². The number of benzene rings is 1. The van der Waals surface area contributed by atoms with Crippen LogP contribution in [0.3, 0.4) is 0 Å². The lowest BCUT2D eigenvalue weighted by atomic mass is 9.98. The summed E-state index contributed by atoms with van der Waals surface area (Å²) < 4.78 is 7.56. The second-order valence-electron chi connectivity index (χ2n) is 8.16. The number of ether oxygens (including phenoxy) is 1. The number of aromatic nitrogens is 3. The van der Waals surface area contributed by atoms with E-state index in [9.17, 15) is 4.79 Å². The van der Waals surface area contributed by atoms with E-state index in [1.165, 1.54) is 0 Å². The molecule has 1 atom stereocenters. The summed E-state index contributed by atoms with van der Waals surface area (Å²) in [5.74, 6) is 1.85. The molecule has 4 aromatic rings. The molecule has 1 saturated heterocycles. The lowest BCUT2D eigenvalue weighted by Crippen LogP contribution is -2.38. The Hall–Kier alpha value is -3.19. The fraction of sp³-hybridized carbons (Fsp3) is 0.320. The van der Waals surface area contributed by atoms with Crippen LogP contribution in [0.1, 0.15) is 58.4 Å². The van der Waals surface area contributed by atoms with Crippen molar-refractivity contribution in [3.63, 3.8) is 0 Å². The van der Waals surface area contributed by atoms with Crippen molar-refractivity contribution in [1.82, 2.24) is 19.3 Å². The number of methoxy groups -OCH3 is 1. The van der Waals surface area contributed by atoms with Gasteiger partial charge in [-0.05, 0) is 44.4 Å². The third-order valence-corrected chi connectivity index (χ3v) is 7.06. The molecule has 1 aromatic carbocycles. The number of rotatable bonds is 5. The van der Waals surface area contributed by atoms with E-state index in [1.807, 2.05) is 54.4 Å². The zero-order valence-corrected chi connectivity index (χ0v) is 19.1. The second kappa shape index (κ2) is 8.74. The van der Waals surface area contributed by atoms with Gasteiger partial charge in [0, 0.05) is 42.0 Å². The Labute approximate surface area is 191 Å². The molecule has 7 heteroatoms. The van der Waals surface area contributed by atoms with Crippen molar-refractivity contribution in [1.29, 1.82) is 0 Å². The molecule has 0 spiro atoms. The quantitative estimate of drug-likeness (QED) is 0.430. The molecule has 32 heavy (non-hydrogen) atoms. The number of thiazole rings is 1. The molecule has 0 radical (unpaired) electrons. The average molecular weight is 447 g/mol. The van der Waals surface area contributed by atoms with Crippen molar-refractivity contribution in [3.8, 4) is 5.75 Å². The Balaban J connectivity index is 1.38. The molecule has 4 heterocycles. The maximum absolute atomic E-state index is 13.5. The first-order valence-electron chi connectivity index (χ1n) is 11.0. The topological polar surface area (TPSA) is 59.7 Å². The molecule has 1 aliphatic heterocycles. The van der Waals surface area contributed by atoms with Gasteiger partial charge in [0.1, 0.15) is 16.4 Å². The molecular weight excluding hydrogens is 420 g/mol. The Morgan fingerprint density at radius 2 is 2.09 bits per heavy atom. The van der Waals surface area contributed by atoms with Gasteiger partial charge in [-0.3, -0.25) is 14.2 Å². The zero-order chi connectivity index (χ0) is 22.1. The highest BCUT2D eigenvalue weighted by Gasteiger charge is 2.32. The van der Waals surface area contributed by atoms with Crippen molar-refractivity contribution in [2.75, 3.05) is 13.7 Å². The van der Waals surface area contributed by atoms with Gasteiger partial charge in [-0.2, -0.15) is 0 Å². The highest BCUT2D eigenvalue weighted by Crippen LogP contribution is 2.35. The van der Waals surface area contributed by atoms with Crippen LogP contribution in [0.25, 0.3) is 4.83 Å². The summed E-state index contributed by atoms with van der Waals surface area (Å²) in [6.45, 7) is 2.76. The lowest BCUT2D eigenvalue weighted by Gasteiger charge is -2.35. The smallest absolute Gasteiger partial charge is 0.255 e. The SMILES string of the molecule is COc1ccccc1Cc1ccc(C(=O)N2CCCC[C@@H]2c2nc(C)n3ccsc23)cn1. The number of carbonyl (C=O) groups excluding carboxylic acids is 1. The monoisotopic (exact) mass is 446 g/mol. The summed E-state index contributed by atoms with van der Waals surface area (Å²) in [6.07, 6.45) is 7.48. The van der Waals surface area contributed by atoms with Gasteiger partial charge in [0.05, 0.1) is 24.4 Å². The van der Waals surface area contributed by atoms with Crippen LogP contribution in [0.15, 0.2) is 54.2 Å². The molecule has 0 unspecified atom stereocenters. The number of hydrogen-bond acceptors (Lipinski definition) is 5. The van der Waals surface area contributed by atoms with Crippen LogP contribution >= 0.6 is 11.3 Å². The minimum absolute atomic E-state index is 0.00635. The van der Waals surface area contributed by atoms with Gasteiger partial charge in [0.15, 0.2) is 0 Å². The molecule has 164 valence electrons. The van der Waals surface area contributed by atoms with Crippen molar-refractivity contribution in [2.24, 2.45) is 0 Å². The largest absolute Gasteiger partial charge is 0.496 e. The molecule has 6 nitrogen and oxygen atoms in total. The van der Waals surface area contributed by atoms with E-state index in [1.54, 1.807) is 24.6 Å². The summed E-state index contributed by atoms with van der Waals surface area (Å²) in [5.41, 5.74) is 3.63. The van der Waals surface area contributed by atoms with Gasteiger partial charge in [0.25, 0.3) is 5.91 Å². The normalized spacial score (nSPS) is 16.4. The number of fused-ring (bicyclic) bond motifs is 1. The fourth-order valence-electron chi connectivity index (χ4n) is 4.54. The standard InChI is InChI=1S/C25H26N4O2S/c1-17-27-23(25-28(17)13-14-32-25)21-8-5-6-12-29(21)24(30)19-10-11-20(26-16-19)15-18-7-3-4-9-22(18)31-2/h3-4,7,9-11,13-14,16,21H,5-6,8,12,15H2,1-2H3/t21-/m1/s1. The van der Waals surface area contributed by atoms with Gasteiger partial charge >= 0.3 is 0 Å². The van der Waals surface area contributed by atoms with Crippen LogP contribution in [0.2, 0.25) is 0 Å². The number of aryl methyl sites for hydroxylation is 1. The second-order valence-corrected chi connectivity index (χ2v) is 9.05. The molecule has 3 aromatic heterocycles. The number of piperidine rings is 1. The highest BCUT2D eigenvalue weighted by molar-refractivity contribution is 7.15. The van der Waals surface area contributed by atoms with E-state index in [0.717, 1.165) is 59.2 Å². The maximum Gasteiger partial charge on any atom is 0.255 e. The summed E-state index contributed by atoms with van der Waals surface area (Å²) in [5, 5.41) is 2.08. The van der Waals surface area contributed by atoms with Crippen molar-refractivity contribution < 1.29 is 9.53 Å². The van der Waals surface area contributed by atoms with Crippen LogP contribution < -0.4 is 4.74 Å². The van der Waals surface area contributed by atoms with Crippen LogP contribution in [0, 0.1) is 6.92 Å². The Morgan fingerprint density at radius 3 is 2.91 bits per heavy atom. The minimum atomic E-state index is 0.00635. The first-order chi connectivity index (χ1) is 15.7. The summed E-state index contributed by atoms with van der Waals surface area (Å²) in [7, 11) is 1.68. The van der Waals surface area contributed by atoms with Crippen LogP contribution in [0.5, 0.6) is 5.75 Å². The van der Waals surface area contributed by atoms with E-state index in [2.05, 4.69) is 14.8 Å². The average Bonchev–Trinajstić information content (AvgIpc) is 3.44. The minimum Gasteiger partial charge on any atom is -0.496 e. The molecule has 0 saturated carbocycles. The van der Waals surface area contributed by atoms with Gasteiger partial charge in [0.2, 0.25) is 0 Å². The number of hydrogen-bond donors (Lipinski definition) is 0. The van der Waals surface area contributed by atoms with Gasteiger partial charge < -0.3 is 9.64 Å². The molecule has 1 amide bonds. The number of pyridine rings is 1. The Morgan fingerprint density at radius 1 is 1.22 bits per heavy atom. The predicted octanol–water partition coefficient (Wildman–Crippen LogP) is 5.07. The number of likely N-dealkylation sites (tertiary alicyclic amines) is 1. The van der Waals surface area contributed by atoms with Gasteiger partial charge in [-0.1, -0.05) is 18.2 Å².